The summed E-state index contributed by atoms with van der Waals surface area (Å²) in [5, 5.41) is 38.9. The lowest BCUT2D eigenvalue weighted by Crippen LogP contribution is -2.55. The van der Waals surface area contributed by atoms with Gasteiger partial charge in [0, 0.05) is 61.1 Å². The second kappa shape index (κ2) is 15.2. The third-order valence-electron chi connectivity index (χ3n) is 10.4. The number of aliphatic hydroxyl groups is 1. The first kappa shape index (κ1) is 39.6. The van der Waals surface area contributed by atoms with Crippen LogP contribution in [0.4, 0.5) is 0 Å². The van der Waals surface area contributed by atoms with Crippen LogP contribution < -0.4 is 4.74 Å². The Kier molecular flexibility index (Phi) is 10.9. The fourth-order valence-electron chi connectivity index (χ4n) is 7.92. The number of carbonyl (C=O) groups is 5. The van der Waals surface area contributed by atoms with Crippen LogP contribution in [0.25, 0.3) is 10.4 Å². The Bertz CT molecular complexity index is 2000. The van der Waals surface area contributed by atoms with Crippen molar-refractivity contribution >= 4 is 29.3 Å². The Labute approximate surface area is 314 Å². The zero-order valence-corrected chi connectivity index (χ0v) is 30.8. The van der Waals surface area contributed by atoms with Crippen molar-refractivity contribution in [1.82, 2.24) is 0 Å². The molecule has 294 valence electrons. The van der Waals surface area contributed by atoms with Gasteiger partial charge in [0.25, 0.3) is 0 Å². The maximum Gasteiger partial charge on any atom is 0.303 e. The van der Waals surface area contributed by atoms with Gasteiger partial charge in [-0.3, -0.25) is 24.0 Å². The largest absolute Gasteiger partial charge is 0.507 e. The highest BCUT2D eigenvalue weighted by molar-refractivity contribution is 6.31. The summed E-state index contributed by atoms with van der Waals surface area (Å²) in [4.78, 5) is 67.1. The van der Waals surface area contributed by atoms with Crippen LogP contribution in [0.2, 0.25) is 0 Å². The highest BCUT2D eigenvalue weighted by Crippen LogP contribution is 2.52. The highest BCUT2D eigenvalue weighted by Gasteiger charge is 2.50. The number of hydrogen-bond donors (Lipinski definition) is 3. The molecule has 2 aliphatic carbocycles. The number of Topliss-reactive ketones (excluding diaryl/α,β-unsaturated/α-hetero) is 1. The molecule has 2 saturated heterocycles. The summed E-state index contributed by atoms with van der Waals surface area (Å²) in [6, 6.07) is 3.38. The van der Waals surface area contributed by atoms with E-state index in [1.807, 2.05) is 0 Å². The van der Waals surface area contributed by atoms with E-state index in [1.54, 1.807) is 13.8 Å². The number of esters is 2. The molecule has 0 amide bonds. The molecular weight excluding hydrogens is 726 g/mol. The third kappa shape index (κ3) is 7.24. The van der Waals surface area contributed by atoms with Gasteiger partial charge in [0.1, 0.15) is 29.0 Å². The van der Waals surface area contributed by atoms with E-state index >= 15 is 0 Å². The Morgan fingerprint density at radius 1 is 0.891 bits per heavy atom. The number of ether oxygens (including phenoxy) is 7. The fourth-order valence-corrected chi connectivity index (χ4v) is 7.92. The molecule has 0 aromatic heterocycles. The zero-order chi connectivity index (χ0) is 40.1. The lowest BCUT2D eigenvalue weighted by molar-refractivity contribution is -0.304. The first-order chi connectivity index (χ1) is 26.0. The molecule has 2 fully saturated rings. The van der Waals surface area contributed by atoms with Crippen molar-refractivity contribution in [1.29, 1.82) is 0 Å². The number of hydrogen-bond acceptors (Lipinski definition) is 16. The molecular formula is C37H41N3O15. The second-order valence-corrected chi connectivity index (χ2v) is 14.1. The number of fused-ring (bicyclic) bond motifs is 3. The van der Waals surface area contributed by atoms with E-state index in [2.05, 4.69) is 10.0 Å². The van der Waals surface area contributed by atoms with E-state index in [1.165, 1.54) is 39.2 Å². The van der Waals surface area contributed by atoms with E-state index in [9.17, 15) is 44.8 Å². The molecule has 0 spiro atoms. The quantitative estimate of drug-likeness (QED) is 0.0927. The van der Waals surface area contributed by atoms with Gasteiger partial charge in [0.05, 0.1) is 54.3 Å². The number of carbonyl (C=O) groups excluding carboxylic acids is 5. The molecule has 0 unspecified atom stereocenters. The predicted molar refractivity (Wildman–Crippen MR) is 184 cm³/mol. The van der Waals surface area contributed by atoms with Gasteiger partial charge in [-0.1, -0.05) is 17.2 Å². The van der Waals surface area contributed by atoms with E-state index in [0.717, 1.165) is 6.92 Å². The molecule has 55 heavy (non-hydrogen) atoms. The van der Waals surface area contributed by atoms with Gasteiger partial charge >= 0.3 is 11.9 Å². The number of benzene rings is 2. The smallest absolute Gasteiger partial charge is 0.303 e. The highest BCUT2D eigenvalue weighted by atomic mass is 16.7. The van der Waals surface area contributed by atoms with Gasteiger partial charge in [0.2, 0.25) is 5.78 Å². The molecule has 2 aliphatic heterocycles. The average molecular weight is 768 g/mol. The van der Waals surface area contributed by atoms with Gasteiger partial charge in [-0.2, -0.15) is 0 Å². The molecule has 18 heteroatoms. The Morgan fingerprint density at radius 3 is 2.15 bits per heavy atom. The van der Waals surface area contributed by atoms with Crippen molar-refractivity contribution < 1.29 is 72.5 Å². The van der Waals surface area contributed by atoms with E-state index < -0.39 is 126 Å². The average Bonchev–Trinajstić information content (AvgIpc) is 3.10. The van der Waals surface area contributed by atoms with Gasteiger partial charge < -0.3 is 48.5 Å². The van der Waals surface area contributed by atoms with Crippen molar-refractivity contribution in [2.24, 2.45) is 5.11 Å². The number of nitrogens with zero attached hydrogens (tertiary/aromatic N) is 3. The standard InChI is InChI=1S/C37H41N3O15/c1-14-35(55-26-11-23(52-17(4)42)36(15(2)51-26)53-18(5)43)21(39-40-38)10-25(50-14)54-24-13-37(48,16(3)41)12-20-28(24)34(47)30-29(32(20)45)31(44)19-8-7-9-22(49-6)27(19)33(30)46/h7-9,14-15,21,23-26,35-36,45,47-48H,10-13H2,1-6H3/t14-,15-,21-,23-,24-,25-,26-,35+,36-,37-/m0/s1. The van der Waals surface area contributed by atoms with Gasteiger partial charge in [-0.05, 0) is 32.4 Å². The summed E-state index contributed by atoms with van der Waals surface area (Å²) in [5.41, 5.74) is 5.90. The topological polar surface area (TPSA) is 259 Å². The minimum absolute atomic E-state index is 0.0405. The minimum Gasteiger partial charge on any atom is -0.507 e. The fraction of sp³-hybridized carbons (Fsp3) is 0.541. The molecule has 0 saturated carbocycles. The van der Waals surface area contributed by atoms with Crippen LogP contribution in [0, 0.1) is 0 Å². The summed E-state index contributed by atoms with van der Waals surface area (Å²) in [6.07, 6.45) is -9.24. The van der Waals surface area contributed by atoms with Crippen LogP contribution in [0.15, 0.2) is 23.3 Å². The minimum atomic E-state index is -2.13. The van der Waals surface area contributed by atoms with Gasteiger partial charge in [0.15, 0.2) is 30.3 Å². The molecule has 2 aromatic rings. The number of ketones is 3. The third-order valence-corrected chi connectivity index (χ3v) is 10.4. The first-order valence-electron chi connectivity index (χ1n) is 17.6. The summed E-state index contributed by atoms with van der Waals surface area (Å²) >= 11 is 0. The molecule has 10 atom stereocenters. The maximum atomic E-state index is 14.0. The molecule has 4 aliphatic rings. The predicted octanol–water partition coefficient (Wildman–Crippen LogP) is 3.40. The molecule has 6 rings (SSSR count). The SMILES string of the molecule is COc1cccc2c1C(=O)c1c(O)c3c(c(O)c1C2=O)C[C@@](O)(C(C)=O)C[C@@H]3O[C@H]1C[C@H](N=[N+]=[N-])[C@H](O[C@H]2C[C@H](OC(C)=O)[C@@H](OC(C)=O)[C@H](C)O2)[C@H](C)O1. The zero-order valence-electron chi connectivity index (χ0n) is 30.8. The van der Waals surface area contributed by atoms with Crippen LogP contribution in [-0.2, 0) is 49.2 Å². The lowest BCUT2D eigenvalue weighted by atomic mass is 9.72. The van der Waals surface area contributed by atoms with Crippen LogP contribution in [-0.4, -0.2) is 106 Å². The van der Waals surface area contributed by atoms with Gasteiger partial charge in [-0.25, -0.2) is 0 Å². The molecule has 2 heterocycles. The molecule has 0 radical (unpaired) electrons. The normalized spacial score (nSPS) is 31.2. The molecule has 3 N–H and O–H groups in total. The maximum absolute atomic E-state index is 14.0. The van der Waals surface area contributed by atoms with E-state index in [4.69, 9.17) is 33.2 Å². The van der Waals surface area contributed by atoms with Crippen molar-refractivity contribution in [3.63, 3.8) is 0 Å². The van der Waals surface area contributed by atoms with Crippen LogP contribution in [0.5, 0.6) is 17.2 Å². The molecule has 2 aromatic carbocycles. The number of phenols is 2. The first-order valence-corrected chi connectivity index (χ1v) is 17.6. The Morgan fingerprint density at radius 2 is 1.53 bits per heavy atom. The number of methoxy groups -OCH3 is 1. The van der Waals surface area contributed by atoms with Crippen molar-refractivity contribution in [2.45, 2.75) is 121 Å². The Balaban J connectivity index is 1.31. The van der Waals surface area contributed by atoms with E-state index in [-0.39, 0.29) is 40.8 Å². The molecule has 0 bridgehead atoms. The van der Waals surface area contributed by atoms with Crippen molar-refractivity contribution in [3.8, 4) is 17.2 Å². The van der Waals surface area contributed by atoms with Crippen LogP contribution >= 0.6 is 0 Å². The summed E-state index contributed by atoms with van der Waals surface area (Å²) in [7, 11) is 1.31. The van der Waals surface area contributed by atoms with Crippen LogP contribution in [0.3, 0.4) is 0 Å². The Hall–Kier alpha value is -5.10. The monoisotopic (exact) mass is 767 g/mol. The second-order valence-electron chi connectivity index (χ2n) is 14.1. The molecule has 18 nitrogen and oxygen atoms in total. The number of azide groups is 1. The van der Waals surface area contributed by atoms with E-state index in [0.29, 0.717) is 0 Å². The van der Waals surface area contributed by atoms with Crippen LogP contribution in [0.1, 0.15) is 103 Å². The van der Waals surface area contributed by atoms with Crippen molar-refractivity contribution in [2.75, 3.05) is 7.11 Å². The van der Waals surface area contributed by atoms with Crippen molar-refractivity contribution in [3.05, 3.63) is 62.0 Å². The van der Waals surface area contributed by atoms with Gasteiger partial charge in [-0.15, -0.1) is 0 Å². The summed E-state index contributed by atoms with van der Waals surface area (Å²) in [5.74, 6) is -4.81. The summed E-state index contributed by atoms with van der Waals surface area (Å²) in [6.45, 7) is 6.78. The number of rotatable bonds is 9. The summed E-state index contributed by atoms with van der Waals surface area (Å²) < 4.78 is 40.8. The number of aromatic hydroxyl groups is 2. The lowest BCUT2D eigenvalue weighted by Gasteiger charge is -2.45. The number of phenolic OH excluding ortho intramolecular Hbond substituents is 2.